The number of ether oxygens (including phenoxy) is 6. The van der Waals surface area contributed by atoms with Gasteiger partial charge in [-0.05, 0) is 61.5 Å². The largest absolute Gasteiger partial charge is 0.479 e. The Morgan fingerprint density at radius 3 is 1.79 bits per heavy atom. The van der Waals surface area contributed by atoms with Gasteiger partial charge in [0, 0.05) is 12.0 Å². The number of aliphatic carboxylic acids is 2. The fourth-order valence-electron chi connectivity index (χ4n) is 4.19. The number of pyridine rings is 1. The molecule has 0 radical (unpaired) electrons. The van der Waals surface area contributed by atoms with Gasteiger partial charge in [0.1, 0.15) is 30.7 Å². The van der Waals surface area contributed by atoms with Crippen LogP contribution in [-0.2, 0) is 75.1 Å². The van der Waals surface area contributed by atoms with Gasteiger partial charge < -0.3 is 64.3 Å². The summed E-state index contributed by atoms with van der Waals surface area (Å²) in [5.41, 5.74) is 7.59. The van der Waals surface area contributed by atoms with E-state index < -0.39 is 91.1 Å². The highest BCUT2D eigenvalue weighted by Crippen LogP contribution is 2.30. The number of carboxylic acids is 2. The lowest BCUT2D eigenvalue weighted by molar-refractivity contribution is -0.177. The van der Waals surface area contributed by atoms with E-state index in [4.69, 9.17) is 30.9 Å². The van der Waals surface area contributed by atoms with Gasteiger partial charge in [0.05, 0.1) is 23.2 Å². The maximum absolute atomic E-state index is 11.3. The molecule has 0 amide bonds. The molecule has 0 saturated carbocycles. The number of anilines is 1. The second kappa shape index (κ2) is 23.3. The molecule has 5 unspecified atom stereocenters. The van der Waals surface area contributed by atoms with Gasteiger partial charge in [0.15, 0.2) is 36.8 Å². The molecule has 2 aromatic heterocycles. The number of rotatable bonds is 17. The topological polar surface area (TPSA) is 333 Å². The molecule has 0 aliphatic rings. The predicted molar refractivity (Wildman–Crippen MR) is 198 cm³/mol. The minimum absolute atomic E-state index is 0.370. The zero-order valence-electron chi connectivity index (χ0n) is 33.2. The second-order valence-electron chi connectivity index (χ2n) is 12.8. The van der Waals surface area contributed by atoms with Gasteiger partial charge in [-0.15, -0.1) is 0 Å². The van der Waals surface area contributed by atoms with Crippen LogP contribution >= 0.6 is 0 Å². The average Bonchev–Trinajstić information content (AvgIpc) is 3.50. The molecule has 0 fully saturated rings. The number of nitrogens with two attached hydrogens (primary N) is 1. The number of carboxylic acid groups (broad SMARTS) is 2. The van der Waals surface area contributed by atoms with Crippen LogP contribution in [0.25, 0.3) is 21.9 Å². The van der Waals surface area contributed by atoms with E-state index in [-0.39, 0.29) is 0 Å². The Labute approximate surface area is 331 Å². The average molecular weight is 827 g/mol. The minimum Gasteiger partial charge on any atom is -0.479 e. The number of nitrogens with zero attached hydrogens (tertiary/aromatic N) is 3. The zero-order chi connectivity index (χ0) is 44.5. The highest BCUT2D eigenvalue weighted by Gasteiger charge is 2.27. The summed E-state index contributed by atoms with van der Waals surface area (Å²) in [7, 11) is 0. The minimum atomic E-state index is -1.37. The fraction of sp³-hybridized carbons (Fsp3) is 0.528. The third kappa shape index (κ3) is 16.6. The molecular weight excluding hydrogens is 776 g/mol. The van der Waals surface area contributed by atoms with Crippen molar-refractivity contribution >= 4 is 69.5 Å². The monoisotopic (exact) mass is 826 g/mol. The summed E-state index contributed by atoms with van der Waals surface area (Å²) in [5.74, 6) is -6.57. The SMILES string of the molecule is CC(O)C(=O)OC(C)C(=O)OC(C)C(=O)O.CC(OC(=O)C(C)OC(=O)COC(=O)CO)C(=O)O.CCOCc1nc2c(N)nc3ccccc3c2n1CC(C)(C)O. The van der Waals surface area contributed by atoms with Crippen molar-refractivity contribution in [3.8, 4) is 0 Å². The molecule has 322 valence electrons. The third-order valence-electron chi connectivity index (χ3n) is 7.04. The Morgan fingerprint density at radius 2 is 1.31 bits per heavy atom. The van der Waals surface area contributed by atoms with E-state index in [1.54, 1.807) is 13.8 Å². The van der Waals surface area contributed by atoms with Gasteiger partial charge in [0.25, 0.3) is 0 Å². The van der Waals surface area contributed by atoms with Crippen LogP contribution < -0.4 is 5.73 Å². The first-order chi connectivity index (χ1) is 26.9. The molecule has 3 rings (SSSR count). The lowest BCUT2D eigenvalue weighted by atomic mass is 10.1. The van der Waals surface area contributed by atoms with Crippen molar-refractivity contribution in [2.24, 2.45) is 0 Å². The summed E-state index contributed by atoms with van der Waals surface area (Å²) in [5, 5.41) is 45.3. The number of fused-ring (bicyclic) bond motifs is 3. The number of carbonyl (C=O) groups is 7. The molecule has 22 heteroatoms. The highest BCUT2D eigenvalue weighted by atomic mass is 16.6. The Hall–Kier alpha value is -5.97. The number of hydrogen-bond donors (Lipinski definition) is 6. The molecule has 0 saturated heterocycles. The van der Waals surface area contributed by atoms with E-state index in [9.17, 15) is 38.7 Å². The number of benzene rings is 1. The molecule has 58 heavy (non-hydrogen) atoms. The van der Waals surface area contributed by atoms with Gasteiger partial charge in [-0.1, -0.05) is 18.2 Å². The van der Waals surface area contributed by atoms with E-state index in [1.807, 2.05) is 35.8 Å². The Morgan fingerprint density at radius 1 is 0.793 bits per heavy atom. The van der Waals surface area contributed by atoms with Crippen molar-refractivity contribution < 1.29 is 87.5 Å². The number of aliphatic hydroxyl groups excluding tert-OH is 2. The summed E-state index contributed by atoms with van der Waals surface area (Å²) < 4.78 is 29.7. The number of nitrogen functional groups attached to an aromatic ring is 1. The fourth-order valence-corrected chi connectivity index (χ4v) is 4.19. The Balaban J connectivity index is 0.000000445. The first-order valence-corrected chi connectivity index (χ1v) is 17.5. The van der Waals surface area contributed by atoms with Crippen molar-refractivity contribution in [2.45, 2.75) is 105 Å². The molecular formula is C36H50N4O18. The lowest BCUT2D eigenvalue weighted by Crippen LogP contribution is -2.34. The standard InChI is InChI=1S/C17H22N4O2.C10H14O9.C9H14O7/c1-4-23-9-13-20-14-15(21(13)10-17(2,3)22)11-7-5-6-8-12(11)19-16(14)18;1-5(9(14)15)19-10(16)6(2)18-8(13)4-17-7(12)3-11;1-4(10)8(13)16-6(3)9(14)15-5(2)7(11)12/h5-8,22H,4,9-10H2,1-3H3,(H2,18,19);5-6,11H,3-4H2,1-2H3,(H,14,15);4-6,10H,1-3H3,(H,11,12). The van der Waals surface area contributed by atoms with Gasteiger partial charge in [-0.25, -0.2) is 43.5 Å². The van der Waals surface area contributed by atoms with Crippen LogP contribution in [0.4, 0.5) is 5.82 Å². The maximum atomic E-state index is 11.3. The van der Waals surface area contributed by atoms with Crippen molar-refractivity contribution in [3.63, 3.8) is 0 Å². The van der Waals surface area contributed by atoms with Crippen LogP contribution in [-0.4, -0.2) is 138 Å². The molecule has 0 aliphatic carbocycles. The molecule has 3 aromatic rings. The number of aliphatic hydroxyl groups is 3. The van der Waals surface area contributed by atoms with Crippen molar-refractivity contribution in [3.05, 3.63) is 30.1 Å². The molecule has 5 atom stereocenters. The molecule has 0 aliphatic heterocycles. The number of aromatic nitrogens is 3. The number of para-hydroxylation sites is 1. The normalized spacial score (nSPS) is 13.5. The highest BCUT2D eigenvalue weighted by molar-refractivity contribution is 6.06. The van der Waals surface area contributed by atoms with Gasteiger partial charge in [-0.2, -0.15) is 0 Å². The van der Waals surface area contributed by atoms with E-state index in [1.165, 1.54) is 27.7 Å². The van der Waals surface area contributed by atoms with Crippen LogP contribution in [0.3, 0.4) is 0 Å². The molecule has 0 spiro atoms. The first-order valence-electron chi connectivity index (χ1n) is 17.5. The van der Waals surface area contributed by atoms with Crippen molar-refractivity contribution in [1.82, 2.24) is 14.5 Å². The van der Waals surface area contributed by atoms with E-state index >= 15 is 0 Å². The summed E-state index contributed by atoms with van der Waals surface area (Å²) in [6.07, 6.45) is -6.65. The van der Waals surface area contributed by atoms with E-state index in [0.29, 0.717) is 31.1 Å². The maximum Gasteiger partial charge on any atom is 0.347 e. The first kappa shape index (κ1) is 50.0. The van der Waals surface area contributed by atoms with Gasteiger partial charge in [-0.3, -0.25) is 0 Å². The third-order valence-corrected chi connectivity index (χ3v) is 7.04. The second-order valence-corrected chi connectivity index (χ2v) is 12.8. The molecule has 7 N–H and O–H groups in total. The Bertz CT molecular complexity index is 1900. The van der Waals surface area contributed by atoms with Gasteiger partial charge in [0.2, 0.25) is 0 Å². The lowest BCUT2D eigenvalue weighted by Gasteiger charge is -2.20. The van der Waals surface area contributed by atoms with E-state index in [2.05, 4.69) is 33.7 Å². The smallest absolute Gasteiger partial charge is 0.347 e. The summed E-state index contributed by atoms with van der Waals surface area (Å²) in [6.45, 7) is 11.1. The zero-order valence-corrected chi connectivity index (χ0v) is 33.2. The number of hydrogen-bond acceptors (Lipinski definition) is 19. The van der Waals surface area contributed by atoms with E-state index in [0.717, 1.165) is 29.2 Å². The molecule has 2 heterocycles. The van der Waals surface area contributed by atoms with Gasteiger partial charge >= 0.3 is 41.8 Å². The van der Waals surface area contributed by atoms with Crippen LogP contribution in [0.5, 0.6) is 0 Å². The summed E-state index contributed by atoms with van der Waals surface area (Å²) in [4.78, 5) is 84.8. The molecule has 0 bridgehead atoms. The van der Waals surface area contributed by atoms with Crippen molar-refractivity contribution in [1.29, 1.82) is 0 Å². The number of carbonyl (C=O) groups excluding carboxylic acids is 5. The number of imidazole rings is 1. The quantitative estimate of drug-likeness (QED) is 0.0785. The predicted octanol–water partition coefficient (Wildman–Crippen LogP) is 0.259. The molecule has 1 aromatic carbocycles. The summed E-state index contributed by atoms with van der Waals surface area (Å²) >= 11 is 0. The summed E-state index contributed by atoms with van der Waals surface area (Å²) in [6, 6.07) is 7.81. The van der Waals surface area contributed by atoms with Crippen LogP contribution in [0.2, 0.25) is 0 Å². The van der Waals surface area contributed by atoms with Crippen LogP contribution in [0.1, 0.15) is 61.2 Å². The number of esters is 5. The Kier molecular flexibility index (Phi) is 20.1. The van der Waals surface area contributed by atoms with Crippen LogP contribution in [0, 0.1) is 0 Å². The van der Waals surface area contributed by atoms with Crippen LogP contribution in [0.15, 0.2) is 24.3 Å². The molecule has 22 nitrogen and oxygen atoms in total. The van der Waals surface area contributed by atoms with Crippen molar-refractivity contribution in [2.75, 3.05) is 25.6 Å².